The lowest BCUT2D eigenvalue weighted by molar-refractivity contribution is -0.726. The lowest BCUT2D eigenvalue weighted by Gasteiger charge is -1.97. The summed E-state index contributed by atoms with van der Waals surface area (Å²) in [7, 11) is 1.89. The zero-order valence-electron chi connectivity index (χ0n) is 18.4. The molecule has 34 heavy (non-hydrogen) atoms. The quantitative estimate of drug-likeness (QED) is 0.122. The maximum Gasteiger partial charge on any atom is 0.226 e. The van der Waals surface area contributed by atoms with E-state index in [9.17, 15) is 0 Å². The molecule has 0 spiro atoms. The van der Waals surface area contributed by atoms with Gasteiger partial charge in [0.15, 0.2) is 44.1 Å². The van der Waals surface area contributed by atoms with E-state index in [2.05, 4.69) is 24.6 Å². The van der Waals surface area contributed by atoms with Crippen LogP contribution >= 0.6 is 0 Å². The molecule has 3 N–H and O–H groups in total. The Morgan fingerprint density at radius 3 is 1.47 bits per heavy atom. The van der Waals surface area contributed by atoms with Gasteiger partial charge in [-0.1, -0.05) is 15.5 Å². The summed E-state index contributed by atoms with van der Waals surface area (Å²) in [5.41, 5.74) is 2.60. The molecular weight excluding hydrogens is 503 g/mol. The molecule has 0 saturated heterocycles. The molecule has 3 heterocycles. The normalized spacial score (nSPS) is 10.1. The Labute approximate surface area is 217 Å². The molecule has 0 atom stereocenters. The van der Waals surface area contributed by atoms with E-state index in [1.54, 1.807) is 0 Å². The van der Waals surface area contributed by atoms with E-state index < -0.39 is 0 Å². The number of pyridine rings is 3. The van der Waals surface area contributed by atoms with Crippen molar-refractivity contribution in [3.63, 3.8) is 0 Å². The molecule has 0 aromatic carbocycles. The lowest BCUT2D eigenvalue weighted by Crippen LogP contribution is -3.00. The molecule has 12 heteroatoms. The Bertz CT molecular complexity index is 962. The van der Waals surface area contributed by atoms with E-state index in [1.807, 2.05) is 85.1 Å². The summed E-state index contributed by atoms with van der Waals surface area (Å²) in [4.78, 5) is 0. The summed E-state index contributed by atoms with van der Waals surface area (Å²) in [6, 6.07) is 13.3. The van der Waals surface area contributed by atoms with Crippen LogP contribution in [0.3, 0.4) is 0 Å². The maximum absolute atomic E-state index is 8.45. The van der Waals surface area contributed by atoms with Gasteiger partial charge in [-0.05, 0) is 6.07 Å². The van der Waals surface area contributed by atoms with Gasteiger partial charge < -0.3 is 52.8 Å². The Morgan fingerprint density at radius 2 is 1.09 bits per heavy atom. The van der Waals surface area contributed by atoms with Crippen molar-refractivity contribution in [1.82, 2.24) is 0 Å². The Balaban J connectivity index is 0. The van der Waals surface area contributed by atoms with E-state index in [4.69, 9.17) is 15.6 Å². The average Bonchev–Trinajstić information content (AvgIpc) is 2.79. The predicted octanol–water partition coefficient (Wildman–Crippen LogP) is -7.70. The Kier molecular flexibility index (Phi) is 18.6. The van der Waals surface area contributed by atoms with Crippen LogP contribution < -0.4 is 50.9 Å². The number of nitrogens with zero attached hydrogens (tertiary/aromatic N) is 6. The lowest BCUT2D eigenvalue weighted by atomic mass is 10.3. The van der Waals surface area contributed by atoms with Crippen LogP contribution in [0.5, 0.6) is 0 Å². The molecule has 184 valence electrons. The van der Waals surface area contributed by atoms with Gasteiger partial charge in [0.2, 0.25) is 5.69 Å². The molecule has 0 fully saturated rings. The number of hydrogen-bond acceptors (Lipinski definition) is 6. The topological polar surface area (TPSA) is 109 Å². The molecule has 0 aliphatic heterocycles. The van der Waals surface area contributed by atoms with Crippen LogP contribution in [-0.2, 0) is 20.1 Å². The van der Waals surface area contributed by atoms with Gasteiger partial charge in [0.1, 0.15) is 13.3 Å². The first-order valence-electron chi connectivity index (χ1n) is 9.61. The fourth-order valence-electron chi connectivity index (χ4n) is 2.71. The smallest absolute Gasteiger partial charge is 0.226 e. The molecule has 0 unspecified atom stereocenters. The minimum absolute atomic E-state index is 0. The van der Waals surface area contributed by atoms with Crippen LogP contribution in [0.4, 0.5) is 0 Å². The summed E-state index contributed by atoms with van der Waals surface area (Å²) in [6.45, 7) is 1.81. The van der Waals surface area contributed by atoms with Gasteiger partial charge in [-0.2, -0.15) is 0 Å². The number of aromatic nitrogens is 3. The number of oxime groups is 3. The minimum atomic E-state index is 0. The summed E-state index contributed by atoms with van der Waals surface area (Å²) in [6.07, 6.45) is 14.9. The number of rotatable bonds is 7. The second-order valence-corrected chi connectivity index (χ2v) is 6.56. The molecule has 0 bridgehead atoms. The number of halogens is 3. The van der Waals surface area contributed by atoms with Crippen molar-refractivity contribution in [2.75, 3.05) is 0 Å². The van der Waals surface area contributed by atoms with Gasteiger partial charge in [0.05, 0.1) is 18.9 Å². The number of aryl methyl sites for hydroxylation is 3. The molecule has 0 aliphatic rings. The fraction of sp³-hybridized carbons (Fsp3) is 0.182. The molecule has 0 radical (unpaired) electrons. The van der Waals surface area contributed by atoms with Gasteiger partial charge in [-0.15, -0.1) is 0 Å². The van der Waals surface area contributed by atoms with E-state index >= 15 is 0 Å². The molecule has 3 aromatic rings. The first kappa shape index (κ1) is 32.9. The summed E-state index contributed by atoms with van der Waals surface area (Å²) >= 11 is 0. The van der Waals surface area contributed by atoms with Gasteiger partial charge in [-0.3, -0.25) is 0 Å². The third-order valence-corrected chi connectivity index (χ3v) is 4.37. The van der Waals surface area contributed by atoms with Gasteiger partial charge in [-0.25, -0.2) is 13.7 Å². The first-order chi connectivity index (χ1) is 15.2. The van der Waals surface area contributed by atoms with Crippen molar-refractivity contribution in [2.45, 2.75) is 19.5 Å². The third kappa shape index (κ3) is 12.1. The average molecular weight is 530 g/mol. The highest BCUT2D eigenvalue weighted by Crippen LogP contribution is 1.93. The summed E-state index contributed by atoms with van der Waals surface area (Å²) in [5, 5.41) is 34.0. The van der Waals surface area contributed by atoms with E-state index in [0.29, 0.717) is 0 Å². The van der Waals surface area contributed by atoms with Gasteiger partial charge >= 0.3 is 0 Å². The molecule has 0 amide bonds. The highest BCUT2D eigenvalue weighted by molar-refractivity contribution is 5.78. The summed E-state index contributed by atoms with van der Waals surface area (Å²) in [5.74, 6) is 0. The predicted molar refractivity (Wildman–Crippen MR) is 114 cm³/mol. The zero-order valence-corrected chi connectivity index (χ0v) is 20.7. The monoisotopic (exact) mass is 528 g/mol. The molecule has 0 aliphatic carbocycles. The standard InChI is InChI=1S/C15H16N4O2.C7H8N2O.3ClH/c20-16-12-14-2-8-18(9-3-14)6-1-7-19-10-4-15(5-11-19)13-17-21;1-9-5-3-2-4-7(9)6-8-10;;;/h2-5,8-13H,1,6-7H2;2-6H,1H3;3*1H. The van der Waals surface area contributed by atoms with Crippen LogP contribution in [-0.4, -0.2) is 34.3 Å². The van der Waals surface area contributed by atoms with Crippen molar-refractivity contribution in [3.05, 3.63) is 90.3 Å². The van der Waals surface area contributed by atoms with Crippen LogP contribution in [0, 0.1) is 0 Å². The fourth-order valence-corrected chi connectivity index (χ4v) is 2.71. The van der Waals surface area contributed by atoms with Crippen LogP contribution in [0.25, 0.3) is 0 Å². The van der Waals surface area contributed by atoms with Gasteiger partial charge in [0, 0.05) is 47.5 Å². The van der Waals surface area contributed by atoms with E-state index in [0.717, 1.165) is 36.3 Å². The van der Waals surface area contributed by atoms with Crippen molar-refractivity contribution in [2.24, 2.45) is 22.5 Å². The molecule has 3 aromatic heterocycles. The minimum Gasteiger partial charge on any atom is -1.00 e. The van der Waals surface area contributed by atoms with Crippen molar-refractivity contribution in [3.8, 4) is 0 Å². The first-order valence-corrected chi connectivity index (χ1v) is 9.61. The third-order valence-electron chi connectivity index (χ3n) is 4.37. The zero-order chi connectivity index (χ0) is 22.3. The second kappa shape index (κ2) is 19.2. The van der Waals surface area contributed by atoms with Crippen molar-refractivity contribution >= 4 is 18.6 Å². The van der Waals surface area contributed by atoms with Crippen LogP contribution in [0.1, 0.15) is 23.2 Å². The number of hydrogen-bond donors (Lipinski definition) is 3. The summed E-state index contributed by atoms with van der Waals surface area (Å²) < 4.78 is 6.03. The van der Waals surface area contributed by atoms with Gasteiger partial charge in [0.25, 0.3) is 0 Å². The van der Waals surface area contributed by atoms with Crippen LogP contribution in [0.15, 0.2) is 88.9 Å². The Hall–Kier alpha value is -3.27. The van der Waals surface area contributed by atoms with Crippen LogP contribution in [0.2, 0.25) is 0 Å². The Morgan fingerprint density at radius 1 is 0.647 bits per heavy atom. The van der Waals surface area contributed by atoms with Crippen molar-refractivity contribution in [1.29, 1.82) is 0 Å². The maximum atomic E-state index is 8.45. The molecule has 3 rings (SSSR count). The highest BCUT2D eigenvalue weighted by atomic mass is 35.5. The highest BCUT2D eigenvalue weighted by Gasteiger charge is 2.05. The second-order valence-electron chi connectivity index (χ2n) is 6.56. The molecule has 9 nitrogen and oxygen atoms in total. The van der Waals surface area contributed by atoms with E-state index in [1.165, 1.54) is 18.6 Å². The molecular formula is C22H27Cl3N6O3. The molecule has 0 saturated carbocycles. The van der Waals surface area contributed by atoms with Crippen molar-refractivity contribution < 1.29 is 66.5 Å². The SMILES string of the molecule is C[n+]1ccccc1/C=N\O.O/N=C\c1cc[n+](CCC[n+]2ccc(/C=N\O)cc2)cc1.[Cl-].[Cl-].[Cl-]. The largest absolute Gasteiger partial charge is 1.00 e. The van der Waals surface area contributed by atoms with E-state index in [-0.39, 0.29) is 37.2 Å².